The largest absolute Gasteiger partial charge is 0.444 e. The minimum Gasteiger partial charge on any atom is -0.444 e. The average molecular weight is 445 g/mol. The van der Waals surface area contributed by atoms with E-state index in [2.05, 4.69) is 0 Å². The third-order valence-corrected chi connectivity index (χ3v) is 5.16. The number of morpholine rings is 1. The number of aryl methyl sites for hydroxylation is 1. The average Bonchev–Trinajstić information content (AvgIpc) is 2.73. The Labute approximate surface area is 189 Å². The van der Waals surface area contributed by atoms with Crippen molar-refractivity contribution in [3.63, 3.8) is 0 Å². The molecule has 32 heavy (non-hydrogen) atoms. The van der Waals surface area contributed by atoms with E-state index < -0.39 is 23.9 Å². The quantitative estimate of drug-likeness (QED) is 0.712. The van der Waals surface area contributed by atoms with Crippen LogP contribution in [-0.2, 0) is 14.2 Å². The van der Waals surface area contributed by atoms with Crippen molar-refractivity contribution in [2.75, 3.05) is 32.8 Å². The lowest BCUT2D eigenvalue weighted by atomic mass is 9.92. The molecule has 174 valence electrons. The second-order valence-corrected chi connectivity index (χ2v) is 8.99. The smallest absolute Gasteiger partial charge is 0.410 e. The van der Waals surface area contributed by atoms with Gasteiger partial charge >= 0.3 is 6.09 Å². The molecule has 2 aromatic rings. The van der Waals surface area contributed by atoms with E-state index in [0.29, 0.717) is 30.8 Å². The maximum Gasteiger partial charge on any atom is 0.410 e. The maximum absolute atomic E-state index is 15.1. The lowest BCUT2D eigenvalue weighted by Crippen LogP contribution is -2.49. The number of halogens is 1. The molecule has 2 aromatic carbocycles. The van der Waals surface area contributed by atoms with Gasteiger partial charge in [-0.05, 0) is 44.9 Å². The predicted octanol–water partition coefficient (Wildman–Crippen LogP) is 4.45. The summed E-state index contributed by atoms with van der Waals surface area (Å²) in [6.45, 7) is 9.08. The Morgan fingerprint density at radius 1 is 1.28 bits per heavy atom. The van der Waals surface area contributed by atoms with Crippen LogP contribution in [0.5, 0.6) is 0 Å². The highest BCUT2D eigenvalue weighted by Gasteiger charge is 2.35. The van der Waals surface area contributed by atoms with Crippen molar-refractivity contribution in [3.8, 4) is 11.1 Å². The number of nitrogens with zero attached hydrogens (tertiary/aromatic N) is 1. The fraction of sp³-hybridized carbons (Fsp3) is 0.480. The van der Waals surface area contributed by atoms with E-state index in [1.54, 1.807) is 11.0 Å². The Hall–Kier alpha value is -2.48. The van der Waals surface area contributed by atoms with Gasteiger partial charge in [0.1, 0.15) is 23.6 Å². The third-order valence-electron chi connectivity index (χ3n) is 5.16. The van der Waals surface area contributed by atoms with Crippen LogP contribution < -0.4 is 5.73 Å². The highest BCUT2D eigenvalue weighted by molar-refractivity contribution is 5.70. The summed E-state index contributed by atoms with van der Waals surface area (Å²) in [5.41, 5.74) is 8.04. The Morgan fingerprint density at radius 3 is 2.72 bits per heavy atom. The van der Waals surface area contributed by atoms with Crippen molar-refractivity contribution in [3.05, 3.63) is 59.4 Å². The molecule has 0 saturated carbocycles. The summed E-state index contributed by atoms with van der Waals surface area (Å²) >= 11 is 0. The number of ether oxygens (including phenoxy) is 3. The van der Waals surface area contributed by atoms with E-state index in [1.807, 2.05) is 58.0 Å². The molecule has 1 heterocycles. The van der Waals surface area contributed by atoms with Gasteiger partial charge in [0, 0.05) is 18.7 Å². The fourth-order valence-corrected chi connectivity index (χ4v) is 3.83. The zero-order valence-electron chi connectivity index (χ0n) is 19.3. The molecule has 1 amide bonds. The summed E-state index contributed by atoms with van der Waals surface area (Å²) in [7, 11) is 0. The molecule has 0 spiro atoms. The van der Waals surface area contributed by atoms with Gasteiger partial charge in [-0.3, -0.25) is 0 Å². The molecule has 1 aliphatic heterocycles. The van der Waals surface area contributed by atoms with Gasteiger partial charge in [0.15, 0.2) is 0 Å². The Balaban J connectivity index is 1.95. The fourth-order valence-electron chi connectivity index (χ4n) is 3.83. The van der Waals surface area contributed by atoms with Gasteiger partial charge in [-0.15, -0.1) is 0 Å². The number of rotatable bonds is 6. The molecule has 7 heteroatoms. The summed E-state index contributed by atoms with van der Waals surface area (Å²) in [5, 5.41) is 0. The lowest BCUT2D eigenvalue weighted by Gasteiger charge is -2.38. The van der Waals surface area contributed by atoms with E-state index in [9.17, 15) is 4.79 Å². The summed E-state index contributed by atoms with van der Waals surface area (Å²) in [6, 6.07) is 12.6. The Bertz CT molecular complexity index is 928. The predicted molar refractivity (Wildman–Crippen MR) is 122 cm³/mol. The van der Waals surface area contributed by atoms with Crippen molar-refractivity contribution < 1.29 is 23.4 Å². The zero-order valence-corrected chi connectivity index (χ0v) is 19.3. The van der Waals surface area contributed by atoms with Crippen molar-refractivity contribution in [2.24, 2.45) is 5.73 Å². The molecule has 2 N–H and O–H groups in total. The van der Waals surface area contributed by atoms with Gasteiger partial charge in [0.2, 0.25) is 0 Å². The van der Waals surface area contributed by atoms with Crippen molar-refractivity contribution in [1.29, 1.82) is 0 Å². The van der Waals surface area contributed by atoms with Crippen LogP contribution in [0.15, 0.2) is 42.5 Å². The SMILES string of the molecule is Cc1cccc(-c2c(F)cccc2[C@H](OCCN)C2CN(C(=O)OC(C)(C)C)CCO2)c1. The van der Waals surface area contributed by atoms with Crippen molar-refractivity contribution in [2.45, 2.75) is 45.5 Å². The van der Waals surface area contributed by atoms with E-state index in [4.69, 9.17) is 19.9 Å². The first-order valence-electron chi connectivity index (χ1n) is 11.0. The molecule has 1 fully saturated rings. The lowest BCUT2D eigenvalue weighted by molar-refractivity contribution is -0.111. The van der Waals surface area contributed by atoms with Crippen LogP contribution in [0.25, 0.3) is 11.1 Å². The van der Waals surface area contributed by atoms with Crippen LogP contribution in [-0.4, -0.2) is 55.5 Å². The van der Waals surface area contributed by atoms with Crippen molar-refractivity contribution >= 4 is 6.09 Å². The van der Waals surface area contributed by atoms with Crippen LogP contribution in [0, 0.1) is 12.7 Å². The molecule has 6 nitrogen and oxygen atoms in total. The van der Waals surface area contributed by atoms with E-state index in [-0.39, 0.29) is 19.0 Å². The first-order chi connectivity index (χ1) is 15.2. The normalized spacial score (nSPS) is 17.8. The maximum atomic E-state index is 15.1. The molecular formula is C25H33FN2O4. The molecule has 1 saturated heterocycles. The second kappa shape index (κ2) is 10.4. The second-order valence-electron chi connectivity index (χ2n) is 8.99. The van der Waals surface area contributed by atoms with E-state index >= 15 is 4.39 Å². The number of carbonyl (C=O) groups excluding carboxylic acids is 1. The van der Waals surface area contributed by atoms with Gasteiger partial charge in [-0.2, -0.15) is 0 Å². The van der Waals surface area contributed by atoms with E-state index in [1.165, 1.54) is 6.07 Å². The monoisotopic (exact) mass is 444 g/mol. The van der Waals surface area contributed by atoms with Crippen LogP contribution in [0.3, 0.4) is 0 Å². The first-order valence-corrected chi connectivity index (χ1v) is 11.0. The Morgan fingerprint density at radius 2 is 2.03 bits per heavy atom. The van der Waals surface area contributed by atoms with Crippen LogP contribution in [0.1, 0.15) is 38.0 Å². The number of benzene rings is 2. The standard InChI is InChI=1S/C25H33FN2O4/c1-17-7-5-8-18(15-17)22-19(9-6-10-20(22)26)23(31-13-11-27)21-16-28(12-14-30-21)24(29)32-25(2,3)4/h5-10,15,21,23H,11-14,16,27H2,1-4H3/t21?,23-/m0/s1. The topological polar surface area (TPSA) is 74.0 Å². The molecule has 0 aliphatic carbocycles. The molecule has 1 aliphatic rings. The van der Waals surface area contributed by atoms with Crippen LogP contribution in [0.4, 0.5) is 9.18 Å². The molecule has 1 unspecified atom stereocenters. The van der Waals surface area contributed by atoms with E-state index in [0.717, 1.165) is 11.1 Å². The molecule has 0 bridgehead atoms. The molecule has 3 rings (SSSR count). The number of nitrogens with two attached hydrogens (primary N) is 1. The number of carbonyl (C=O) groups is 1. The third kappa shape index (κ3) is 6.06. The first kappa shape index (κ1) is 24.2. The summed E-state index contributed by atoms with van der Waals surface area (Å²) < 4.78 is 32.7. The minimum absolute atomic E-state index is 0.272. The summed E-state index contributed by atoms with van der Waals surface area (Å²) in [5.74, 6) is -0.339. The number of hydrogen-bond acceptors (Lipinski definition) is 5. The van der Waals surface area contributed by atoms with Gasteiger partial charge in [-0.1, -0.05) is 42.0 Å². The van der Waals surface area contributed by atoms with Gasteiger partial charge in [0.05, 0.1) is 19.8 Å². The Kier molecular flexibility index (Phi) is 7.87. The minimum atomic E-state index is -0.602. The highest BCUT2D eigenvalue weighted by Crippen LogP contribution is 2.36. The summed E-state index contributed by atoms with van der Waals surface area (Å²) in [6.07, 6.45) is -1.50. The molecular weight excluding hydrogens is 411 g/mol. The highest BCUT2D eigenvalue weighted by atomic mass is 19.1. The number of hydrogen-bond donors (Lipinski definition) is 1. The van der Waals surface area contributed by atoms with Crippen LogP contribution >= 0.6 is 0 Å². The van der Waals surface area contributed by atoms with Gasteiger partial charge < -0.3 is 24.8 Å². The van der Waals surface area contributed by atoms with Crippen LogP contribution in [0.2, 0.25) is 0 Å². The van der Waals surface area contributed by atoms with Crippen molar-refractivity contribution in [1.82, 2.24) is 4.90 Å². The van der Waals surface area contributed by atoms with Gasteiger partial charge in [0.25, 0.3) is 0 Å². The number of amides is 1. The molecule has 0 radical (unpaired) electrons. The zero-order chi connectivity index (χ0) is 23.3. The molecule has 2 atom stereocenters. The van der Waals surface area contributed by atoms with Gasteiger partial charge in [-0.25, -0.2) is 9.18 Å². The summed E-state index contributed by atoms with van der Waals surface area (Å²) in [4.78, 5) is 14.3. The molecule has 0 aromatic heterocycles.